The van der Waals surface area contributed by atoms with Gasteiger partial charge in [0.05, 0.1) is 6.07 Å². The van der Waals surface area contributed by atoms with Gasteiger partial charge in [-0.2, -0.15) is 0 Å². The molecule has 90 valence electrons. The van der Waals surface area contributed by atoms with Crippen molar-refractivity contribution in [1.29, 1.82) is 0 Å². The summed E-state index contributed by atoms with van der Waals surface area (Å²) < 4.78 is 4.91. The zero-order chi connectivity index (χ0) is 12.6. The van der Waals surface area contributed by atoms with Crippen LogP contribution >= 0.6 is 0 Å². The van der Waals surface area contributed by atoms with Crippen LogP contribution in [-0.4, -0.2) is 28.9 Å². The van der Waals surface area contributed by atoms with Gasteiger partial charge in [0, 0.05) is 7.05 Å². The number of hydrogen-bond acceptors (Lipinski definition) is 6. The normalized spacial score (nSPS) is 20.9. The van der Waals surface area contributed by atoms with Crippen molar-refractivity contribution in [2.24, 2.45) is 0 Å². The molecule has 2 heterocycles. The second-order valence-electron chi connectivity index (χ2n) is 3.38. The first-order valence-electron chi connectivity index (χ1n) is 4.57. The number of nitrogens with zero attached hydrogens (tertiary/aromatic N) is 2. The minimum atomic E-state index is -0.929. The molecule has 1 aliphatic heterocycles. The molecule has 0 aliphatic carbocycles. The third-order valence-corrected chi connectivity index (χ3v) is 2.21. The molecule has 0 spiro atoms. The number of amides is 3. The van der Waals surface area contributed by atoms with E-state index < -0.39 is 28.8 Å². The maximum absolute atomic E-state index is 11.6. The van der Waals surface area contributed by atoms with Gasteiger partial charge in [-0.1, -0.05) is 0 Å². The Bertz CT molecular complexity index is 496. The van der Waals surface area contributed by atoms with Crippen LogP contribution in [0.5, 0.6) is 0 Å². The fraction of sp³-hybridized carbons (Fsp3) is 0.250. The Morgan fingerprint density at radius 3 is 2.71 bits per heavy atom. The first kappa shape index (κ1) is 11.1. The highest BCUT2D eigenvalue weighted by molar-refractivity contribution is 5.99. The van der Waals surface area contributed by atoms with Gasteiger partial charge >= 0.3 is 11.9 Å². The zero-order valence-electron chi connectivity index (χ0n) is 8.67. The van der Waals surface area contributed by atoms with Crippen LogP contribution in [0.25, 0.3) is 0 Å². The number of hydrogen-bond donors (Lipinski definition) is 2. The van der Waals surface area contributed by atoms with E-state index in [0.29, 0.717) is 0 Å². The lowest BCUT2D eigenvalue weighted by atomic mass is 10.2. The van der Waals surface area contributed by atoms with Crippen molar-refractivity contribution in [2.75, 3.05) is 7.05 Å². The predicted molar refractivity (Wildman–Crippen MR) is 52.5 cm³/mol. The summed E-state index contributed by atoms with van der Waals surface area (Å²) in [6.07, 6.45) is 0. The topological polar surface area (TPSA) is 118 Å². The highest BCUT2D eigenvalue weighted by atomic mass is 16.6. The molecule has 0 saturated carbocycles. The molecule has 3 amide bonds. The number of hydrazine groups is 1. The Morgan fingerprint density at radius 1 is 1.47 bits per heavy atom. The Kier molecular flexibility index (Phi) is 2.52. The largest absolute Gasteiger partial charge is 0.433 e. The highest BCUT2D eigenvalue weighted by Crippen LogP contribution is 2.25. The van der Waals surface area contributed by atoms with Crippen LogP contribution in [0.3, 0.4) is 0 Å². The SMILES string of the molecule is CN1NC(=O)NC(=O)C1c1ccc([N+](=O)[O-])o1. The van der Waals surface area contributed by atoms with Gasteiger partial charge in [0.1, 0.15) is 10.7 Å². The van der Waals surface area contributed by atoms with Crippen molar-refractivity contribution in [3.05, 3.63) is 28.0 Å². The average molecular weight is 240 g/mol. The minimum Gasteiger partial charge on any atom is -0.403 e. The molecule has 9 heteroatoms. The zero-order valence-corrected chi connectivity index (χ0v) is 8.67. The van der Waals surface area contributed by atoms with Crippen molar-refractivity contribution >= 4 is 17.8 Å². The molecule has 0 bridgehead atoms. The molecule has 2 rings (SSSR count). The maximum Gasteiger partial charge on any atom is 0.433 e. The van der Waals surface area contributed by atoms with Crippen molar-refractivity contribution in [3.63, 3.8) is 0 Å². The molecule has 1 atom stereocenters. The molecule has 1 aromatic heterocycles. The number of likely N-dealkylation sites (N-methyl/N-ethyl adjacent to an activating group) is 1. The first-order valence-corrected chi connectivity index (χ1v) is 4.57. The van der Waals surface area contributed by atoms with Gasteiger partial charge in [-0.25, -0.2) is 9.80 Å². The van der Waals surface area contributed by atoms with Gasteiger partial charge in [0.15, 0.2) is 6.04 Å². The summed E-state index contributed by atoms with van der Waals surface area (Å²) in [5, 5.41) is 13.7. The van der Waals surface area contributed by atoms with Gasteiger partial charge in [-0.3, -0.25) is 25.7 Å². The van der Waals surface area contributed by atoms with Crippen molar-refractivity contribution in [1.82, 2.24) is 15.8 Å². The third-order valence-electron chi connectivity index (χ3n) is 2.21. The lowest BCUT2D eigenvalue weighted by molar-refractivity contribution is -0.402. The number of carbonyl (C=O) groups excluding carboxylic acids is 2. The summed E-state index contributed by atoms with van der Waals surface area (Å²) in [5.74, 6) is -0.990. The fourth-order valence-electron chi connectivity index (χ4n) is 1.52. The molecule has 0 radical (unpaired) electrons. The Morgan fingerprint density at radius 2 is 2.18 bits per heavy atom. The van der Waals surface area contributed by atoms with E-state index in [4.69, 9.17) is 4.42 Å². The van der Waals surface area contributed by atoms with Gasteiger partial charge < -0.3 is 4.42 Å². The summed E-state index contributed by atoms with van der Waals surface area (Å²) in [4.78, 5) is 32.2. The van der Waals surface area contributed by atoms with E-state index in [0.717, 1.165) is 6.07 Å². The third kappa shape index (κ3) is 1.95. The molecular formula is C8H8N4O5. The summed E-state index contributed by atoms with van der Waals surface area (Å²) in [6, 6.07) is 0.875. The quantitative estimate of drug-likeness (QED) is 0.551. The number of rotatable bonds is 2. The van der Waals surface area contributed by atoms with E-state index in [2.05, 4.69) is 5.43 Å². The van der Waals surface area contributed by atoms with Crippen molar-refractivity contribution < 1.29 is 18.9 Å². The van der Waals surface area contributed by atoms with Gasteiger partial charge in [0.25, 0.3) is 5.91 Å². The number of nitrogens with one attached hydrogen (secondary N) is 2. The predicted octanol–water partition coefficient (Wildman–Crippen LogP) is -0.0849. The maximum atomic E-state index is 11.6. The van der Waals surface area contributed by atoms with Gasteiger partial charge in [0.2, 0.25) is 0 Å². The van der Waals surface area contributed by atoms with Crippen molar-refractivity contribution in [3.8, 4) is 0 Å². The standard InChI is InChI=1S/C8H8N4O5/c1-11-6(7(13)9-8(14)10-11)4-2-3-5(17-4)12(15)16/h2-3,6H,1H3,(H2,9,10,13,14). The van der Waals surface area contributed by atoms with E-state index in [-0.39, 0.29) is 5.76 Å². The monoisotopic (exact) mass is 240 g/mol. The molecule has 0 aromatic carbocycles. The molecule has 1 fully saturated rings. The van der Waals surface area contributed by atoms with Crippen LogP contribution in [0, 0.1) is 10.1 Å². The molecular weight excluding hydrogens is 232 g/mol. The number of carbonyl (C=O) groups is 2. The van der Waals surface area contributed by atoms with Crippen LogP contribution in [0.1, 0.15) is 11.8 Å². The molecule has 1 aromatic rings. The smallest absolute Gasteiger partial charge is 0.403 e. The Hall–Kier alpha value is -2.42. The summed E-state index contributed by atoms with van der Waals surface area (Å²) >= 11 is 0. The van der Waals surface area contributed by atoms with Crippen LogP contribution in [0.4, 0.5) is 10.7 Å². The minimum absolute atomic E-state index is 0.0803. The van der Waals surface area contributed by atoms with Gasteiger partial charge in [-0.05, 0) is 6.07 Å². The lowest BCUT2D eigenvalue weighted by Gasteiger charge is -2.29. The second kappa shape index (κ2) is 3.87. The highest BCUT2D eigenvalue weighted by Gasteiger charge is 2.35. The molecule has 1 saturated heterocycles. The summed E-state index contributed by atoms with van der Waals surface area (Å²) in [7, 11) is 1.45. The summed E-state index contributed by atoms with van der Waals surface area (Å²) in [6.45, 7) is 0. The Balaban J connectivity index is 2.28. The van der Waals surface area contributed by atoms with Gasteiger partial charge in [-0.15, -0.1) is 0 Å². The molecule has 1 unspecified atom stereocenters. The Labute approximate surface area is 94.5 Å². The van der Waals surface area contributed by atoms with Crippen LogP contribution in [-0.2, 0) is 4.79 Å². The van der Waals surface area contributed by atoms with Crippen LogP contribution < -0.4 is 10.7 Å². The number of urea groups is 1. The van der Waals surface area contributed by atoms with E-state index in [9.17, 15) is 19.7 Å². The molecule has 2 N–H and O–H groups in total. The van der Waals surface area contributed by atoms with E-state index >= 15 is 0 Å². The van der Waals surface area contributed by atoms with Crippen LogP contribution in [0.2, 0.25) is 0 Å². The number of nitro groups is 1. The second-order valence-corrected chi connectivity index (χ2v) is 3.38. The van der Waals surface area contributed by atoms with E-state index in [1.165, 1.54) is 18.1 Å². The van der Waals surface area contributed by atoms with E-state index in [1.807, 2.05) is 5.32 Å². The lowest BCUT2D eigenvalue weighted by Crippen LogP contribution is -2.58. The molecule has 9 nitrogen and oxygen atoms in total. The number of imide groups is 1. The fourth-order valence-corrected chi connectivity index (χ4v) is 1.52. The van der Waals surface area contributed by atoms with Crippen molar-refractivity contribution in [2.45, 2.75) is 6.04 Å². The average Bonchev–Trinajstić information content (AvgIpc) is 2.65. The summed E-state index contributed by atoms with van der Waals surface area (Å²) in [5.41, 5.74) is 2.33. The van der Waals surface area contributed by atoms with E-state index in [1.54, 1.807) is 0 Å². The molecule has 17 heavy (non-hydrogen) atoms. The molecule has 1 aliphatic rings. The van der Waals surface area contributed by atoms with Crippen LogP contribution in [0.15, 0.2) is 16.5 Å². The first-order chi connectivity index (χ1) is 7.99. The number of furan rings is 1.